The molecule has 1 aromatic carbocycles. The minimum absolute atomic E-state index is 0.301. The summed E-state index contributed by atoms with van der Waals surface area (Å²) in [5.41, 5.74) is -2.34. The predicted molar refractivity (Wildman–Crippen MR) is 52.0 cm³/mol. The molecule has 0 aromatic heterocycles. The number of carbonyl (C=O) groups is 2. The van der Waals surface area contributed by atoms with Crippen molar-refractivity contribution < 1.29 is 31.9 Å². The zero-order valence-electron chi connectivity index (χ0n) is 9.23. The first kappa shape index (κ1) is 14.1. The van der Waals surface area contributed by atoms with E-state index in [-0.39, 0.29) is 6.42 Å². The van der Waals surface area contributed by atoms with E-state index in [1.807, 2.05) is 0 Å². The summed E-state index contributed by atoms with van der Waals surface area (Å²) in [6, 6.07) is 0. The van der Waals surface area contributed by atoms with Gasteiger partial charge in [0.25, 0.3) is 0 Å². The highest BCUT2D eigenvalue weighted by Gasteiger charge is 2.29. The molecule has 0 amide bonds. The van der Waals surface area contributed by atoms with Gasteiger partial charge in [-0.1, -0.05) is 0 Å². The van der Waals surface area contributed by atoms with Gasteiger partial charge in [0.1, 0.15) is 11.8 Å². The number of hydrogen-bond donors (Lipinski definition) is 0. The maximum atomic E-state index is 13.4. The van der Waals surface area contributed by atoms with E-state index in [1.165, 1.54) is 0 Å². The number of ether oxygens (including phenoxy) is 1. The largest absolute Gasteiger partial charge is 0.465 e. The molecule has 0 N–H and O–H groups in total. The first-order valence-corrected chi connectivity index (χ1v) is 4.82. The van der Waals surface area contributed by atoms with Crippen LogP contribution < -0.4 is 0 Å². The number of esters is 1. The molecule has 1 aromatic rings. The van der Waals surface area contributed by atoms with Crippen LogP contribution in [0.5, 0.6) is 0 Å². The number of aldehydes is 1. The summed E-state index contributed by atoms with van der Waals surface area (Å²) in [5, 5.41) is 0. The predicted octanol–water partition coefficient (Wildman–Crippen LogP) is 2.16. The fourth-order valence-electron chi connectivity index (χ4n) is 1.38. The van der Waals surface area contributed by atoms with Gasteiger partial charge in [0.2, 0.25) is 0 Å². The molecule has 0 aliphatic carbocycles. The van der Waals surface area contributed by atoms with Crippen molar-refractivity contribution in [3.63, 3.8) is 0 Å². The van der Waals surface area contributed by atoms with E-state index in [0.717, 1.165) is 7.11 Å². The van der Waals surface area contributed by atoms with Crippen LogP contribution in [0.3, 0.4) is 0 Å². The lowest BCUT2D eigenvalue weighted by molar-refractivity contribution is -0.107. The van der Waals surface area contributed by atoms with Gasteiger partial charge in [0.15, 0.2) is 23.3 Å². The molecule has 0 saturated carbocycles. The zero-order valence-corrected chi connectivity index (χ0v) is 9.23. The molecule has 0 aliphatic heterocycles. The van der Waals surface area contributed by atoms with Gasteiger partial charge in [-0.15, -0.1) is 0 Å². The molecule has 0 heterocycles. The number of methoxy groups -OCH3 is 1. The fourth-order valence-corrected chi connectivity index (χ4v) is 1.38. The van der Waals surface area contributed by atoms with Gasteiger partial charge in [-0.25, -0.2) is 22.4 Å². The zero-order chi connectivity index (χ0) is 13.9. The molecule has 7 heteroatoms. The van der Waals surface area contributed by atoms with Crippen LogP contribution in [0.2, 0.25) is 0 Å². The molecule has 0 unspecified atom stereocenters. The van der Waals surface area contributed by atoms with E-state index in [0.29, 0.717) is 6.29 Å². The average molecular weight is 264 g/mol. The number of halogens is 4. The lowest BCUT2D eigenvalue weighted by atomic mass is 10.0. The van der Waals surface area contributed by atoms with Gasteiger partial charge < -0.3 is 9.53 Å². The van der Waals surface area contributed by atoms with Gasteiger partial charge in [0.05, 0.1) is 7.11 Å². The van der Waals surface area contributed by atoms with Crippen molar-refractivity contribution in [3.05, 3.63) is 34.4 Å². The molecule has 18 heavy (non-hydrogen) atoms. The Hall–Kier alpha value is -1.92. The molecule has 0 saturated heterocycles. The highest BCUT2D eigenvalue weighted by molar-refractivity contribution is 5.90. The molecule has 0 radical (unpaired) electrons. The second-order valence-electron chi connectivity index (χ2n) is 3.31. The first-order valence-electron chi connectivity index (χ1n) is 4.82. The highest BCUT2D eigenvalue weighted by Crippen LogP contribution is 2.25. The van der Waals surface area contributed by atoms with Crippen molar-refractivity contribution in [3.8, 4) is 0 Å². The van der Waals surface area contributed by atoms with Gasteiger partial charge in [-0.05, 0) is 6.42 Å². The second kappa shape index (κ2) is 5.61. The van der Waals surface area contributed by atoms with Crippen LogP contribution in [0.1, 0.15) is 22.3 Å². The molecule has 1 rings (SSSR count). The maximum Gasteiger partial charge on any atom is 0.344 e. The number of carbonyl (C=O) groups excluding carboxylic acids is 2. The summed E-state index contributed by atoms with van der Waals surface area (Å²) < 4.78 is 57.6. The van der Waals surface area contributed by atoms with Crippen LogP contribution in [-0.4, -0.2) is 19.4 Å². The van der Waals surface area contributed by atoms with Crippen molar-refractivity contribution >= 4 is 12.3 Å². The van der Waals surface area contributed by atoms with Crippen molar-refractivity contribution in [2.45, 2.75) is 12.8 Å². The molecule has 0 aliphatic rings. The summed E-state index contributed by atoms with van der Waals surface area (Å²) in [6.45, 7) is 0. The van der Waals surface area contributed by atoms with Gasteiger partial charge in [-0.2, -0.15) is 0 Å². The van der Waals surface area contributed by atoms with Crippen LogP contribution in [-0.2, 0) is 16.0 Å². The van der Waals surface area contributed by atoms with E-state index in [1.54, 1.807) is 0 Å². The lowest BCUT2D eigenvalue weighted by Crippen LogP contribution is -2.14. The van der Waals surface area contributed by atoms with Gasteiger partial charge >= 0.3 is 5.97 Å². The third kappa shape index (κ3) is 2.34. The Morgan fingerprint density at radius 2 is 1.61 bits per heavy atom. The molecule has 0 fully saturated rings. The summed E-state index contributed by atoms with van der Waals surface area (Å²) in [4.78, 5) is 21.1. The van der Waals surface area contributed by atoms with Gasteiger partial charge in [-0.3, -0.25) is 0 Å². The minimum atomic E-state index is -1.83. The normalized spacial score (nSPS) is 10.3. The van der Waals surface area contributed by atoms with Crippen LogP contribution >= 0.6 is 0 Å². The lowest BCUT2D eigenvalue weighted by Gasteiger charge is -2.09. The molecule has 0 spiro atoms. The van der Waals surface area contributed by atoms with E-state index in [9.17, 15) is 27.2 Å². The monoisotopic (exact) mass is 264 g/mol. The Bertz CT molecular complexity index is 471. The van der Waals surface area contributed by atoms with Crippen molar-refractivity contribution in [2.24, 2.45) is 0 Å². The molecular formula is C11H8F4O3. The van der Waals surface area contributed by atoms with Crippen LogP contribution in [0.4, 0.5) is 17.6 Å². The Morgan fingerprint density at radius 1 is 1.11 bits per heavy atom. The minimum Gasteiger partial charge on any atom is -0.465 e. The van der Waals surface area contributed by atoms with E-state index >= 15 is 0 Å². The summed E-state index contributed by atoms with van der Waals surface area (Å²) in [7, 11) is 0.817. The van der Waals surface area contributed by atoms with E-state index in [2.05, 4.69) is 4.74 Å². The third-order valence-electron chi connectivity index (χ3n) is 2.26. The number of hydrogen-bond acceptors (Lipinski definition) is 3. The number of rotatable bonds is 4. The number of benzene rings is 1. The molecule has 0 bridgehead atoms. The van der Waals surface area contributed by atoms with Gasteiger partial charge in [0, 0.05) is 12.0 Å². The Balaban J connectivity index is 3.45. The Kier molecular flexibility index (Phi) is 4.41. The standard InChI is InChI=1S/C11H8F4O3/c1-18-11(17)6-9(14)7(12)5(3-2-4-16)8(13)10(6)15/h4H,2-3H2,1H3. The van der Waals surface area contributed by atoms with Crippen molar-refractivity contribution in [1.29, 1.82) is 0 Å². The summed E-state index contributed by atoms with van der Waals surface area (Å²) in [5.74, 6) is -8.58. The van der Waals surface area contributed by atoms with E-state index in [4.69, 9.17) is 0 Å². The van der Waals surface area contributed by atoms with Crippen molar-refractivity contribution in [1.82, 2.24) is 0 Å². The molecule has 98 valence electrons. The average Bonchev–Trinajstić information content (AvgIpc) is 2.36. The first-order chi connectivity index (χ1) is 8.45. The molecule has 0 atom stereocenters. The third-order valence-corrected chi connectivity index (χ3v) is 2.26. The SMILES string of the molecule is COC(=O)c1c(F)c(F)c(CCC=O)c(F)c1F. The molecular weight excluding hydrogens is 256 g/mol. The Labute approximate surface area is 99.4 Å². The Morgan fingerprint density at radius 3 is 2.00 bits per heavy atom. The topological polar surface area (TPSA) is 43.4 Å². The maximum absolute atomic E-state index is 13.4. The summed E-state index contributed by atoms with van der Waals surface area (Å²) >= 11 is 0. The van der Waals surface area contributed by atoms with Crippen LogP contribution in [0.15, 0.2) is 0 Å². The van der Waals surface area contributed by atoms with Crippen LogP contribution in [0, 0.1) is 23.3 Å². The second-order valence-corrected chi connectivity index (χ2v) is 3.31. The summed E-state index contributed by atoms with van der Waals surface area (Å²) in [6.07, 6.45) is -0.455. The quantitative estimate of drug-likeness (QED) is 0.362. The fraction of sp³-hybridized carbons (Fsp3) is 0.273. The van der Waals surface area contributed by atoms with Crippen molar-refractivity contribution in [2.75, 3.05) is 7.11 Å². The van der Waals surface area contributed by atoms with E-state index < -0.39 is 46.8 Å². The highest BCUT2D eigenvalue weighted by atomic mass is 19.2. The molecule has 3 nitrogen and oxygen atoms in total. The van der Waals surface area contributed by atoms with Crippen LogP contribution in [0.25, 0.3) is 0 Å². The smallest absolute Gasteiger partial charge is 0.344 e.